The molecule has 0 fully saturated rings. The zero-order chi connectivity index (χ0) is 20.0. The standard InChI is InChI=1S/C20H21N3O4S/c1-2-27-17-8-10-18(11-9-17)28(25,26)22-12-13-23-15-21-19(14-20(23)24)16-6-4-3-5-7-16/h3-11,14-15,22H,2,12-13H2,1H3. The molecule has 0 saturated heterocycles. The second-order valence-electron chi connectivity index (χ2n) is 5.97. The predicted molar refractivity (Wildman–Crippen MR) is 107 cm³/mol. The molecule has 0 radical (unpaired) electrons. The van der Waals surface area contributed by atoms with Crippen molar-refractivity contribution in [2.24, 2.45) is 0 Å². The van der Waals surface area contributed by atoms with Gasteiger partial charge in [0.15, 0.2) is 0 Å². The lowest BCUT2D eigenvalue weighted by Gasteiger charge is -2.10. The van der Waals surface area contributed by atoms with E-state index in [1.165, 1.54) is 29.1 Å². The topological polar surface area (TPSA) is 90.3 Å². The molecule has 0 aliphatic heterocycles. The Kier molecular flexibility index (Phi) is 6.23. The Labute approximate surface area is 163 Å². The summed E-state index contributed by atoms with van der Waals surface area (Å²) in [7, 11) is -3.67. The minimum atomic E-state index is -3.67. The molecule has 1 heterocycles. The first-order valence-electron chi connectivity index (χ1n) is 8.84. The Hall–Kier alpha value is -2.97. The summed E-state index contributed by atoms with van der Waals surface area (Å²) in [6.07, 6.45) is 1.43. The highest BCUT2D eigenvalue weighted by atomic mass is 32.2. The molecule has 0 bridgehead atoms. The van der Waals surface area contributed by atoms with E-state index in [1.54, 1.807) is 12.1 Å². The maximum Gasteiger partial charge on any atom is 0.253 e. The molecule has 146 valence electrons. The number of aromatic nitrogens is 2. The SMILES string of the molecule is CCOc1ccc(S(=O)(=O)NCCn2cnc(-c3ccccc3)cc2=O)cc1. The van der Waals surface area contributed by atoms with Crippen molar-refractivity contribution < 1.29 is 13.2 Å². The zero-order valence-electron chi connectivity index (χ0n) is 15.4. The third-order valence-corrected chi connectivity index (χ3v) is 5.52. The van der Waals surface area contributed by atoms with Crippen molar-refractivity contribution in [3.63, 3.8) is 0 Å². The number of ether oxygens (including phenoxy) is 1. The van der Waals surface area contributed by atoms with Crippen LogP contribution in [0.3, 0.4) is 0 Å². The van der Waals surface area contributed by atoms with Crippen molar-refractivity contribution in [3.05, 3.63) is 77.3 Å². The Balaban J connectivity index is 1.63. The lowest BCUT2D eigenvalue weighted by Crippen LogP contribution is -2.30. The van der Waals surface area contributed by atoms with Crippen LogP contribution in [-0.4, -0.2) is 31.1 Å². The van der Waals surface area contributed by atoms with Gasteiger partial charge in [0.05, 0.1) is 23.5 Å². The van der Waals surface area contributed by atoms with Crippen molar-refractivity contribution in [1.29, 1.82) is 0 Å². The molecule has 1 N–H and O–H groups in total. The molecular weight excluding hydrogens is 378 g/mol. The summed E-state index contributed by atoms with van der Waals surface area (Å²) >= 11 is 0. The first kappa shape index (κ1) is 19.8. The fraction of sp³-hybridized carbons (Fsp3) is 0.200. The molecule has 7 nitrogen and oxygen atoms in total. The van der Waals surface area contributed by atoms with E-state index < -0.39 is 10.0 Å². The summed E-state index contributed by atoms with van der Waals surface area (Å²) in [5, 5.41) is 0. The van der Waals surface area contributed by atoms with Crippen LogP contribution in [0, 0.1) is 0 Å². The highest BCUT2D eigenvalue weighted by molar-refractivity contribution is 7.89. The lowest BCUT2D eigenvalue weighted by molar-refractivity contribution is 0.340. The van der Waals surface area contributed by atoms with Crippen molar-refractivity contribution in [2.45, 2.75) is 18.4 Å². The minimum absolute atomic E-state index is 0.0712. The van der Waals surface area contributed by atoms with Gasteiger partial charge in [-0.05, 0) is 31.2 Å². The number of nitrogens with zero attached hydrogens (tertiary/aromatic N) is 2. The molecule has 3 aromatic rings. The minimum Gasteiger partial charge on any atom is -0.494 e. The molecule has 0 atom stereocenters. The van der Waals surface area contributed by atoms with Gasteiger partial charge in [0.25, 0.3) is 5.56 Å². The molecule has 0 aliphatic carbocycles. The first-order valence-corrected chi connectivity index (χ1v) is 10.3. The summed E-state index contributed by atoms with van der Waals surface area (Å²) in [4.78, 5) is 16.7. The summed E-state index contributed by atoms with van der Waals surface area (Å²) < 4.78 is 33.9. The Bertz CT molecular complexity index is 1080. The van der Waals surface area contributed by atoms with E-state index >= 15 is 0 Å². The number of rotatable bonds is 8. The second kappa shape index (κ2) is 8.81. The number of nitrogens with one attached hydrogen (secondary N) is 1. The molecule has 0 saturated carbocycles. The van der Waals surface area contributed by atoms with Crippen molar-refractivity contribution >= 4 is 10.0 Å². The van der Waals surface area contributed by atoms with Crippen molar-refractivity contribution in [1.82, 2.24) is 14.3 Å². The van der Waals surface area contributed by atoms with E-state index in [1.807, 2.05) is 37.3 Å². The van der Waals surface area contributed by atoms with Gasteiger partial charge in [-0.15, -0.1) is 0 Å². The smallest absolute Gasteiger partial charge is 0.253 e. The van der Waals surface area contributed by atoms with Gasteiger partial charge < -0.3 is 4.74 Å². The third-order valence-electron chi connectivity index (χ3n) is 4.04. The van der Waals surface area contributed by atoms with Crippen LogP contribution in [0.25, 0.3) is 11.3 Å². The molecule has 0 unspecified atom stereocenters. The van der Waals surface area contributed by atoms with Crippen LogP contribution in [0.15, 0.2) is 76.7 Å². The monoisotopic (exact) mass is 399 g/mol. The zero-order valence-corrected chi connectivity index (χ0v) is 16.2. The molecule has 2 aromatic carbocycles. The van der Waals surface area contributed by atoms with Gasteiger partial charge in [-0.2, -0.15) is 0 Å². The van der Waals surface area contributed by atoms with E-state index in [0.29, 0.717) is 18.1 Å². The molecule has 0 amide bonds. The number of sulfonamides is 1. The summed E-state index contributed by atoms with van der Waals surface area (Å²) in [6.45, 7) is 2.62. The second-order valence-corrected chi connectivity index (χ2v) is 7.74. The molecule has 8 heteroatoms. The predicted octanol–water partition coefficient (Wildman–Crippen LogP) is 2.29. The Morgan fingerprint density at radius 3 is 2.43 bits per heavy atom. The molecule has 0 spiro atoms. The van der Waals surface area contributed by atoms with Crippen LogP contribution in [0.1, 0.15) is 6.92 Å². The molecule has 1 aromatic heterocycles. The van der Waals surface area contributed by atoms with Crippen LogP contribution in [0.2, 0.25) is 0 Å². The average Bonchev–Trinajstić information content (AvgIpc) is 2.70. The van der Waals surface area contributed by atoms with Gasteiger partial charge in [-0.3, -0.25) is 9.36 Å². The van der Waals surface area contributed by atoms with Crippen LogP contribution in [0.5, 0.6) is 5.75 Å². The quantitative estimate of drug-likeness (QED) is 0.628. The van der Waals surface area contributed by atoms with Gasteiger partial charge in [0.2, 0.25) is 10.0 Å². The van der Waals surface area contributed by atoms with Gasteiger partial charge in [0.1, 0.15) is 5.75 Å². The third kappa shape index (κ3) is 4.85. The highest BCUT2D eigenvalue weighted by Gasteiger charge is 2.13. The summed E-state index contributed by atoms with van der Waals surface area (Å²) in [6, 6.07) is 17.0. The van der Waals surface area contributed by atoms with Crippen LogP contribution < -0.4 is 15.0 Å². The van der Waals surface area contributed by atoms with Gasteiger partial charge in [-0.1, -0.05) is 30.3 Å². The average molecular weight is 399 g/mol. The van der Waals surface area contributed by atoms with E-state index in [9.17, 15) is 13.2 Å². The van der Waals surface area contributed by atoms with E-state index in [2.05, 4.69) is 9.71 Å². The van der Waals surface area contributed by atoms with Gasteiger partial charge in [0, 0.05) is 24.7 Å². The normalized spacial score (nSPS) is 11.3. The van der Waals surface area contributed by atoms with Gasteiger partial charge >= 0.3 is 0 Å². The van der Waals surface area contributed by atoms with Gasteiger partial charge in [-0.25, -0.2) is 18.1 Å². The van der Waals surface area contributed by atoms with E-state index in [0.717, 1.165) is 5.56 Å². The number of hydrogen-bond donors (Lipinski definition) is 1. The molecule has 28 heavy (non-hydrogen) atoms. The largest absolute Gasteiger partial charge is 0.494 e. The Morgan fingerprint density at radius 2 is 1.79 bits per heavy atom. The van der Waals surface area contributed by atoms with Crippen LogP contribution in [0.4, 0.5) is 0 Å². The lowest BCUT2D eigenvalue weighted by atomic mass is 10.1. The van der Waals surface area contributed by atoms with Crippen molar-refractivity contribution in [2.75, 3.05) is 13.2 Å². The highest BCUT2D eigenvalue weighted by Crippen LogP contribution is 2.16. The summed E-state index contributed by atoms with van der Waals surface area (Å²) in [5.41, 5.74) is 1.19. The van der Waals surface area contributed by atoms with Crippen LogP contribution >= 0.6 is 0 Å². The Morgan fingerprint density at radius 1 is 1.07 bits per heavy atom. The number of benzene rings is 2. The van der Waals surface area contributed by atoms with Crippen molar-refractivity contribution in [3.8, 4) is 17.0 Å². The maximum atomic E-state index is 12.4. The first-order chi connectivity index (χ1) is 13.5. The molecular formula is C20H21N3O4S. The van der Waals surface area contributed by atoms with E-state index in [4.69, 9.17) is 4.74 Å². The number of hydrogen-bond acceptors (Lipinski definition) is 5. The summed E-state index contributed by atoms with van der Waals surface area (Å²) in [5.74, 6) is 0.609. The van der Waals surface area contributed by atoms with Crippen LogP contribution in [-0.2, 0) is 16.6 Å². The van der Waals surface area contributed by atoms with E-state index in [-0.39, 0.29) is 23.5 Å². The fourth-order valence-electron chi connectivity index (χ4n) is 2.63. The maximum absolute atomic E-state index is 12.4. The molecule has 3 rings (SSSR count). The molecule has 0 aliphatic rings. The fourth-order valence-corrected chi connectivity index (χ4v) is 3.65.